The number of rotatable bonds is 4. The molecular formula is C19H25N. The highest BCUT2D eigenvalue weighted by atomic mass is 15.0. The summed E-state index contributed by atoms with van der Waals surface area (Å²) in [6.07, 6.45) is 3.86. The van der Waals surface area contributed by atoms with Gasteiger partial charge in [0, 0.05) is 29.8 Å². The van der Waals surface area contributed by atoms with Crippen molar-refractivity contribution in [3.8, 4) is 0 Å². The van der Waals surface area contributed by atoms with Gasteiger partial charge in [0.2, 0.25) is 0 Å². The minimum absolute atomic E-state index is 0.226. The van der Waals surface area contributed by atoms with Crippen LogP contribution in [0.3, 0.4) is 0 Å². The van der Waals surface area contributed by atoms with E-state index in [0.717, 1.165) is 12.3 Å². The molecule has 1 heterocycles. The van der Waals surface area contributed by atoms with Crippen LogP contribution in [-0.4, -0.2) is 4.57 Å². The van der Waals surface area contributed by atoms with Gasteiger partial charge in [-0.3, -0.25) is 0 Å². The zero-order valence-electron chi connectivity index (χ0n) is 12.9. The molecule has 1 nitrogen and oxygen atoms in total. The predicted molar refractivity (Wildman–Crippen MR) is 85.1 cm³/mol. The fourth-order valence-corrected chi connectivity index (χ4v) is 2.90. The molecule has 1 aromatic carbocycles. The average Bonchev–Trinajstić information content (AvgIpc) is 3.11. The van der Waals surface area contributed by atoms with Gasteiger partial charge in [-0.2, -0.15) is 0 Å². The first-order valence-electron chi connectivity index (χ1n) is 7.77. The molecule has 0 aliphatic heterocycles. The zero-order valence-corrected chi connectivity index (χ0v) is 12.9. The molecule has 106 valence electrons. The molecule has 1 heteroatoms. The lowest BCUT2D eigenvalue weighted by Crippen LogP contribution is -2.19. The molecule has 0 amide bonds. The summed E-state index contributed by atoms with van der Waals surface area (Å²) in [7, 11) is 0. The quantitative estimate of drug-likeness (QED) is 0.751. The van der Waals surface area contributed by atoms with Crippen LogP contribution in [0.25, 0.3) is 0 Å². The third-order valence-corrected chi connectivity index (χ3v) is 4.21. The van der Waals surface area contributed by atoms with Gasteiger partial charge in [-0.1, -0.05) is 51.1 Å². The lowest BCUT2D eigenvalue weighted by atomic mass is 9.92. The van der Waals surface area contributed by atoms with E-state index < -0.39 is 0 Å². The molecule has 1 aliphatic carbocycles. The van der Waals surface area contributed by atoms with Gasteiger partial charge >= 0.3 is 0 Å². The Bertz CT molecular complexity index is 568. The van der Waals surface area contributed by atoms with Crippen molar-refractivity contribution in [2.24, 2.45) is 5.92 Å². The largest absolute Gasteiger partial charge is 0.347 e. The van der Waals surface area contributed by atoms with E-state index in [2.05, 4.69) is 67.8 Å². The van der Waals surface area contributed by atoms with Crippen molar-refractivity contribution in [1.29, 1.82) is 0 Å². The van der Waals surface area contributed by atoms with E-state index in [9.17, 15) is 0 Å². The van der Waals surface area contributed by atoms with Gasteiger partial charge in [-0.15, -0.1) is 0 Å². The SMILES string of the molecule is CC(C)(C)c1ccc(Cc2ccccc2)n1CC1CC1. The van der Waals surface area contributed by atoms with E-state index in [1.54, 1.807) is 0 Å². The lowest BCUT2D eigenvalue weighted by molar-refractivity contribution is 0.492. The van der Waals surface area contributed by atoms with Crippen LogP contribution < -0.4 is 0 Å². The Morgan fingerprint density at radius 2 is 1.70 bits per heavy atom. The van der Waals surface area contributed by atoms with Gasteiger partial charge < -0.3 is 4.57 Å². The van der Waals surface area contributed by atoms with Crippen molar-refractivity contribution < 1.29 is 0 Å². The van der Waals surface area contributed by atoms with Crippen LogP contribution in [0.2, 0.25) is 0 Å². The molecule has 20 heavy (non-hydrogen) atoms. The molecule has 0 spiro atoms. The Morgan fingerprint density at radius 3 is 2.30 bits per heavy atom. The highest BCUT2D eigenvalue weighted by Crippen LogP contribution is 2.34. The predicted octanol–water partition coefficient (Wildman–Crippen LogP) is 4.79. The number of hydrogen-bond donors (Lipinski definition) is 0. The number of hydrogen-bond acceptors (Lipinski definition) is 0. The van der Waals surface area contributed by atoms with Gasteiger partial charge in [0.05, 0.1) is 0 Å². The molecule has 0 atom stereocenters. The summed E-state index contributed by atoms with van der Waals surface area (Å²) in [5.74, 6) is 0.915. The standard InChI is InChI=1S/C19H25N/c1-19(2,3)18-12-11-17(20(18)14-16-9-10-16)13-15-7-5-4-6-8-15/h4-8,11-12,16H,9-10,13-14H2,1-3H3. The second kappa shape index (κ2) is 5.12. The van der Waals surface area contributed by atoms with Crippen molar-refractivity contribution in [2.75, 3.05) is 0 Å². The van der Waals surface area contributed by atoms with E-state index in [4.69, 9.17) is 0 Å². The van der Waals surface area contributed by atoms with Crippen LogP contribution in [-0.2, 0) is 18.4 Å². The van der Waals surface area contributed by atoms with Crippen LogP contribution in [0.15, 0.2) is 42.5 Å². The van der Waals surface area contributed by atoms with E-state index >= 15 is 0 Å². The maximum Gasteiger partial charge on any atom is 0.0253 e. The van der Waals surface area contributed by atoms with Crippen LogP contribution in [0.5, 0.6) is 0 Å². The van der Waals surface area contributed by atoms with Crippen LogP contribution >= 0.6 is 0 Å². The molecule has 1 saturated carbocycles. The fraction of sp³-hybridized carbons (Fsp3) is 0.474. The zero-order chi connectivity index (χ0) is 14.2. The molecular weight excluding hydrogens is 242 g/mol. The van der Waals surface area contributed by atoms with Crippen molar-refractivity contribution in [3.05, 3.63) is 59.4 Å². The maximum absolute atomic E-state index is 2.59. The summed E-state index contributed by atoms with van der Waals surface area (Å²) in [5, 5.41) is 0. The summed E-state index contributed by atoms with van der Waals surface area (Å²) in [5.41, 5.74) is 4.58. The van der Waals surface area contributed by atoms with Gasteiger partial charge in [0.1, 0.15) is 0 Å². The monoisotopic (exact) mass is 267 g/mol. The molecule has 3 rings (SSSR count). The number of nitrogens with zero attached hydrogens (tertiary/aromatic N) is 1. The van der Waals surface area contributed by atoms with Gasteiger partial charge in [-0.25, -0.2) is 0 Å². The van der Waals surface area contributed by atoms with Gasteiger partial charge in [0.15, 0.2) is 0 Å². The summed E-state index contributed by atoms with van der Waals surface area (Å²) in [6.45, 7) is 8.16. The Labute approximate surface area is 122 Å². The van der Waals surface area contributed by atoms with Gasteiger partial charge in [0.25, 0.3) is 0 Å². The first kappa shape index (κ1) is 13.5. The molecule has 0 saturated heterocycles. The van der Waals surface area contributed by atoms with Crippen LogP contribution in [0.4, 0.5) is 0 Å². The second-order valence-electron chi connectivity index (χ2n) is 7.18. The van der Waals surface area contributed by atoms with Crippen LogP contribution in [0, 0.1) is 5.92 Å². The average molecular weight is 267 g/mol. The molecule has 1 aliphatic rings. The maximum atomic E-state index is 2.59. The van der Waals surface area contributed by atoms with E-state index in [0.29, 0.717) is 0 Å². The molecule has 0 unspecified atom stereocenters. The molecule has 1 fully saturated rings. The van der Waals surface area contributed by atoms with Crippen molar-refractivity contribution >= 4 is 0 Å². The highest BCUT2D eigenvalue weighted by molar-refractivity contribution is 5.28. The fourth-order valence-electron chi connectivity index (χ4n) is 2.90. The minimum Gasteiger partial charge on any atom is -0.347 e. The summed E-state index contributed by atoms with van der Waals surface area (Å²) >= 11 is 0. The molecule has 0 bridgehead atoms. The van der Waals surface area contributed by atoms with Crippen molar-refractivity contribution in [1.82, 2.24) is 4.57 Å². The molecule has 0 radical (unpaired) electrons. The molecule has 1 aromatic heterocycles. The van der Waals surface area contributed by atoms with E-state index in [1.807, 2.05) is 0 Å². The Balaban J connectivity index is 1.91. The first-order valence-corrected chi connectivity index (χ1v) is 7.77. The third-order valence-electron chi connectivity index (χ3n) is 4.21. The van der Waals surface area contributed by atoms with Crippen molar-refractivity contribution in [2.45, 2.75) is 52.0 Å². The minimum atomic E-state index is 0.226. The summed E-state index contributed by atoms with van der Waals surface area (Å²) in [6, 6.07) is 15.5. The Hall–Kier alpha value is -1.50. The smallest absolute Gasteiger partial charge is 0.0253 e. The van der Waals surface area contributed by atoms with E-state index in [-0.39, 0.29) is 5.41 Å². The van der Waals surface area contributed by atoms with Gasteiger partial charge in [-0.05, 0) is 36.5 Å². The van der Waals surface area contributed by atoms with Crippen LogP contribution in [0.1, 0.15) is 50.6 Å². The highest BCUT2D eigenvalue weighted by Gasteiger charge is 2.26. The van der Waals surface area contributed by atoms with Crippen molar-refractivity contribution in [3.63, 3.8) is 0 Å². The Morgan fingerprint density at radius 1 is 1.00 bits per heavy atom. The first-order chi connectivity index (χ1) is 9.54. The topological polar surface area (TPSA) is 4.93 Å². The second-order valence-corrected chi connectivity index (χ2v) is 7.18. The summed E-state index contributed by atoms with van der Waals surface area (Å²) < 4.78 is 2.59. The van der Waals surface area contributed by atoms with E-state index in [1.165, 1.54) is 36.3 Å². The third kappa shape index (κ3) is 2.98. The Kier molecular flexibility index (Phi) is 3.45. The summed E-state index contributed by atoms with van der Waals surface area (Å²) in [4.78, 5) is 0. The lowest BCUT2D eigenvalue weighted by Gasteiger charge is -2.23. The molecule has 2 aromatic rings. The normalized spacial score (nSPS) is 15.6. The number of aromatic nitrogens is 1. The molecule has 0 N–H and O–H groups in total. The number of benzene rings is 1.